The van der Waals surface area contributed by atoms with E-state index in [0.29, 0.717) is 48.3 Å². The number of hydroxylamine groups is 2. The van der Waals surface area contributed by atoms with Crippen molar-refractivity contribution in [3.63, 3.8) is 0 Å². The minimum Gasteiger partial charge on any atom is -0.390 e. The van der Waals surface area contributed by atoms with E-state index in [2.05, 4.69) is 37.9 Å². The first-order chi connectivity index (χ1) is 25.7. The molecule has 3 aliphatic carbocycles. The summed E-state index contributed by atoms with van der Waals surface area (Å²) in [5.74, 6) is 0.269. The van der Waals surface area contributed by atoms with Gasteiger partial charge in [-0.3, -0.25) is 14.4 Å². The number of ether oxygens (including phenoxy) is 2. The van der Waals surface area contributed by atoms with Crippen LogP contribution in [0.5, 0.6) is 0 Å². The highest BCUT2D eigenvalue weighted by Crippen LogP contribution is 2.60. The highest BCUT2D eigenvalue weighted by molar-refractivity contribution is 6.01. The summed E-state index contributed by atoms with van der Waals surface area (Å²) in [7, 11) is 0. The van der Waals surface area contributed by atoms with Crippen molar-refractivity contribution < 1.29 is 38.6 Å². The maximum Gasteiger partial charge on any atom is 0.333 e. The van der Waals surface area contributed by atoms with E-state index < -0.39 is 34.4 Å². The Hall–Kier alpha value is -2.82. The minimum atomic E-state index is -0.795. The number of allylic oxidation sites excluding steroid dienone is 4. The first-order valence-corrected chi connectivity index (χ1v) is 21.1. The summed E-state index contributed by atoms with van der Waals surface area (Å²) in [5.41, 5.74) is 2.39. The fraction of sp³-hybridized carbons (Fsp3) is 0.778. The van der Waals surface area contributed by atoms with Crippen LogP contribution in [0.25, 0.3) is 0 Å². The van der Waals surface area contributed by atoms with Crippen LogP contribution in [-0.2, 0) is 33.5 Å². The van der Waals surface area contributed by atoms with Crippen LogP contribution in [0.3, 0.4) is 0 Å². The Morgan fingerprint density at radius 2 is 1.71 bits per heavy atom. The summed E-state index contributed by atoms with van der Waals surface area (Å²) in [5, 5.41) is 13.8. The number of imide groups is 1. The Morgan fingerprint density at radius 1 is 1.00 bits per heavy atom. The number of carbonyl (C=O) groups is 4. The highest BCUT2D eigenvalue weighted by Gasteiger charge is 2.50. The van der Waals surface area contributed by atoms with Gasteiger partial charge in [0.2, 0.25) is 5.91 Å². The molecular formula is C45H72N2O8. The molecule has 4 fully saturated rings. The number of nitrogens with one attached hydrogen (secondary N) is 1. The van der Waals surface area contributed by atoms with E-state index in [1.807, 2.05) is 41.5 Å². The van der Waals surface area contributed by atoms with Gasteiger partial charge in [-0.1, -0.05) is 56.6 Å². The molecule has 55 heavy (non-hydrogen) atoms. The van der Waals surface area contributed by atoms with Crippen LogP contribution < -0.4 is 5.32 Å². The molecule has 2 N–H and O–H groups in total. The fourth-order valence-corrected chi connectivity index (χ4v) is 9.28. The van der Waals surface area contributed by atoms with Crippen molar-refractivity contribution in [3.8, 4) is 0 Å². The third kappa shape index (κ3) is 12.8. The van der Waals surface area contributed by atoms with Gasteiger partial charge in [-0.25, -0.2) is 4.79 Å². The Labute approximate surface area is 331 Å². The van der Waals surface area contributed by atoms with Crippen molar-refractivity contribution in [3.05, 3.63) is 35.5 Å². The quantitative estimate of drug-likeness (QED) is 0.0989. The summed E-state index contributed by atoms with van der Waals surface area (Å²) in [6.07, 6.45) is 18.2. The van der Waals surface area contributed by atoms with E-state index in [4.69, 9.17) is 14.3 Å². The summed E-state index contributed by atoms with van der Waals surface area (Å²) in [4.78, 5) is 53.7. The second kappa shape index (κ2) is 19.1. The highest BCUT2D eigenvalue weighted by atomic mass is 16.7. The SMILES string of the molecule is C=C1CC[C@H](OCCCNC(=O)C(C)(C)COC(C)(C)CCC(=O)ON2C(=O)CCC2=O)C/C1=C/C=C1\CCC[C@]2(C)C([C@H](C)CCCC(C)(C)O)CC[C@@H]12. The molecule has 10 nitrogen and oxygen atoms in total. The van der Waals surface area contributed by atoms with Crippen LogP contribution in [0.1, 0.15) is 158 Å². The third-order valence-electron chi connectivity index (χ3n) is 12.9. The molecule has 0 radical (unpaired) electrons. The monoisotopic (exact) mass is 769 g/mol. The van der Waals surface area contributed by atoms with Crippen LogP contribution in [0, 0.1) is 28.6 Å². The molecule has 5 atom stereocenters. The Balaban J connectivity index is 1.17. The van der Waals surface area contributed by atoms with Crippen LogP contribution in [0.2, 0.25) is 0 Å². The predicted octanol–water partition coefficient (Wildman–Crippen LogP) is 8.47. The van der Waals surface area contributed by atoms with Gasteiger partial charge in [0.05, 0.1) is 35.7 Å². The van der Waals surface area contributed by atoms with Gasteiger partial charge in [0.15, 0.2) is 0 Å². The topological polar surface area (TPSA) is 131 Å². The first kappa shape index (κ1) is 44.9. The molecule has 0 bridgehead atoms. The average molecular weight is 769 g/mol. The number of rotatable bonds is 19. The lowest BCUT2D eigenvalue weighted by Gasteiger charge is -2.44. The number of hydrogen-bond acceptors (Lipinski definition) is 8. The van der Waals surface area contributed by atoms with E-state index in [1.165, 1.54) is 49.7 Å². The summed E-state index contributed by atoms with van der Waals surface area (Å²) in [6.45, 7) is 21.8. The molecule has 1 saturated heterocycles. The lowest BCUT2D eigenvalue weighted by molar-refractivity contribution is -0.198. The molecule has 4 rings (SSSR count). The van der Waals surface area contributed by atoms with Crippen molar-refractivity contribution in [2.75, 3.05) is 19.8 Å². The van der Waals surface area contributed by atoms with Crippen LogP contribution >= 0.6 is 0 Å². The first-order valence-electron chi connectivity index (χ1n) is 21.1. The Kier molecular flexibility index (Phi) is 15.6. The summed E-state index contributed by atoms with van der Waals surface area (Å²) >= 11 is 0. The molecule has 4 aliphatic rings. The maximum atomic E-state index is 13.1. The zero-order chi connectivity index (χ0) is 40.6. The van der Waals surface area contributed by atoms with Crippen LogP contribution in [-0.4, -0.2) is 70.9 Å². The third-order valence-corrected chi connectivity index (χ3v) is 12.9. The molecule has 0 aromatic heterocycles. The number of aliphatic hydroxyl groups is 1. The Bertz CT molecular complexity index is 1440. The van der Waals surface area contributed by atoms with Crippen LogP contribution in [0.15, 0.2) is 35.5 Å². The van der Waals surface area contributed by atoms with Gasteiger partial charge in [-0.2, -0.15) is 0 Å². The van der Waals surface area contributed by atoms with Crippen molar-refractivity contribution >= 4 is 23.7 Å². The lowest BCUT2D eigenvalue weighted by atomic mass is 9.60. The molecule has 3 amide bonds. The molecule has 0 aromatic rings. The van der Waals surface area contributed by atoms with Gasteiger partial charge in [-0.05, 0) is 141 Å². The van der Waals surface area contributed by atoms with E-state index in [1.54, 1.807) is 5.57 Å². The summed E-state index contributed by atoms with van der Waals surface area (Å²) < 4.78 is 12.4. The number of hydrogen-bond donors (Lipinski definition) is 2. The lowest BCUT2D eigenvalue weighted by Crippen LogP contribution is -2.43. The van der Waals surface area contributed by atoms with E-state index >= 15 is 0 Å². The Morgan fingerprint density at radius 3 is 2.40 bits per heavy atom. The molecule has 3 saturated carbocycles. The normalized spacial score (nSPS) is 27.2. The van der Waals surface area contributed by atoms with Gasteiger partial charge < -0.3 is 24.7 Å². The minimum absolute atomic E-state index is 0.0344. The van der Waals surface area contributed by atoms with E-state index in [0.717, 1.165) is 38.0 Å². The van der Waals surface area contributed by atoms with Gasteiger partial charge in [0.1, 0.15) is 0 Å². The largest absolute Gasteiger partial charge is 0.390 e. The molecule has 0 aromatic carbocycles. The van der Waals surface area contributed by atoms with Crippen molar-refractivity contribution in [2.45, 2.75) is 175 Å². The smallest absolute Gasteiger partial charge is 0.333 e. The van der Waals surface area contributed by atoms with Crippen LogP contribution in [0.4, 0.5) is 0 Å². The molecule has 1 heterocycles. The second-order valence-corrected chi connectivity index (χ2v) is 19.1. The average Bonchev–Trinajstić information content (AvgIpc) is 3.63. The number of amides is 3. The van der Waals surface area contributed by atoms with Crippen molar-refractivity contribution in [2.24, 2.45) is 28.6 Å². The van der Waals surface area contributed by atoms with Gasteiger partial charge >= 0.3 is 5.97 Å². The molecule has 10 heteroatoms. The zero-order valence-corrected chi connectivity index (χ0v) is 35.4. The number of fused-ring (bicyclic) bond motifs is 1. The van der Waals surface area contributed by atoms with E-state index in [-0.39, 0.29) is 37.9 Å². The molecule has 1 aliphatic heterocycles. The standard InChI is InChI=1S/C45H72N2O8/c1-31-15-18-35(29-34(31)17-16-33-14-11-25-45(9)36(19-20-37(33)45)32(2)13-10-24-43(5,6)52)53-28-12-27-46-41(51)42(3,4)30-54-44(7,8)26-23-40(50)55-47-38(48)21-22-39(47)49/h16-17,32,35-37,52H,1,10-15,18-30H2,2-9H3,(H,46,51)/b33-16+,34-17-/t32-,35+,36?,37+,45-/m1/s1. The van der Waals surface area contributed by atoms with Crippen molar-refractivity contribution in [1.82, 2.24) is 10.4 Å². The molecule has 1 unspecified atom stereocenters. The molecule has 310 valence electrons. The molecular weight excluding hydrogens is 697 g/mol. The molecule has 0 spiro atoms. The summed E-state index contributed by atoms with van der Waals surface area (Å²) in [6, 6.07) is 0. The maximum absolute atomic E-state index is 13.1. The van der Waals surface area contributed by atoms with Gasteiger partial charge in [-0.15, -0.1) is 5.06 Å². The predicted molar refractivity (Wildman–Crippen MR) is 214 cm³/mol. The number of carbonyl (C=O) groups excluding carboxylic acids is 4. The van der Waals surface area contributed by atoms with E-state index in [9.17, 15) is 24.3 Å². The fourth-order valence-electron chi connectivity index (χ4n) is 9.28. The van der Waals surface area contributed by atoms with Crippen molar-refractivity contribution in [1.29, 1.82) is 0 Å². The second-order valence-electron chi connectivity index (χ2n) is 19.1. The van der Waals surface area contributed by atoms with Gasteiger partial charge in [0.25, 0.3) is 11.8 Å². The van der Waals surface area contributed by atoms with Gasteiger partial charge in [0, 0.05) is 26.0 Å². The zero-order valence-electron chi connectivity index (χ0n) is 35.4. The number of nitrogens with zero attached hydrogens (tertiary/aromatic N) is 1.